The predicted molar refractivity (Wildman–Crippen MR) is 84.9 cm³/mol. The normalized spacial score (nSPS) is 10.0. The second-order valence-electron chi connectivity index (χ2n) is 4.36. The molecule has 4 nitrogen and oxygen atoms in total. The minimum Gasteiger partial charge on any atom is -0.493 e. The summed E-state index contributed by atoms with van der Waals surface area (Å²) in [7, 11) is 3.09. The van der Waals surface area contributed by atoms with Gasteiger partial charge in [-0.3, -0.25) is 4.79 Å². The molecule has 0 aliphatic heterocycles. The van der Waals surface area contributed by atoms with Crippen LogP contribution >= 0.6 is 15.9 Å². The van der Waals surface area contributed by atoms with Crippen molar-refractivity contribution in [2.75, 3.05) is 14.2 Å². The lowest BCUT2D eigenvalue weighted by Gasteiger charge is -2.12. The maximum atomic E-state index is 12.3. The molecule has 21 heavy (non-hydrogen) atoms. The predicted octanol–water partition coefficient (Wildman–Crippen LogP) is 3.40. The number of carbonyl (C=O) groups is 1. The molecule has 1 N–H and O–H groups in total. The summed E-state index contributed by atoms with van der Waals surface area (Å²) >= 11 is 3.38. The van der Waals surface area contributed by atoms with Crippen LogP contribution in [0.3, 0.4) is 0 Å². The van der Waals surface area contributed by atoms with E-state index in [0.29, 0.717) is 28.1 Å². The lowest BCUT2D eigenvalue weighted by Crippen LogP contribution is -2.23. The number of methoxy groups -OCH3 is 2. The molecule has 0 spiro atoms. The molecule has 0 atom stereocenters. The third-order valence-electron chi connectivity index (χ3n) is 3.01. The lowest BCUT2D eigenvalue weighted by atomic mass is 10.1. The van der Waals surface area contributed by atoms with Gasteiger partial charge < -0.3 is 14.8 Å². The van der Waals surface area contributed by atoms with Crippen LogP contribution in [-0.4, -0.2) is 20.1 Å². The summed E-state index contributed by atoms with van der Waals surface area (Å²) in [5, 5.41) is 2.88. The van der Waals surface area contributed by atoms with Gasteiger partial charge in [0, 0.05) is 11.0 Å². The molecule has 5 heteroatoms. The van der Waals surface area contributed by atoms with Crippen molar-refractivity contribution in [2.24, 2.45) is 0 Å². The molecule has 0 saturated heterocycles. The summed E-state index contributed by atoms with van der Waals surface area (Å²) in [5.41, 5.74) is 1.55. The van der Waals surface area contributed by atoms with Gasteiger partial charge in [-0.15, -0.1) is 0 Å². The van der Waals surface area contributed by atoms with E-state index in [1.54, 1.807) is 19.2 Å². The quantitative estimate of drug-likeness (QED) is 0.899. The molecule has 0 aliphatic rings. The Labute approximate surface area is 132 Å². The van der Waals surface area contributed by atoms with Gasteiger partial charge >= 0.3 is 0 Å². The van der Waals surface area contributed by atoms with Crippen LogP contribution in [0.1, 0.15) is 15.9 Å². The molecule has 0 aromatic heterocycles. The van der Waals surface area contributed by atoms with E-state index < -0.39 is 0 Å². The van der Waals surface area contributed by atoms with Crippen molar-refractivity contribution in [3.63, 3.8) is 0 Å². The van der Waals surface area contributed by atoms with Crippen LogP contribution in [0, 0.1) is 0 Å². The maximum absolute atomic E-state index is 12.3. The lowest BCUT2D eigenvalue weighted by molar-refractivity contribution is 0.0949. The van der Waals surface area contributed by atoms with Crippen molar-refractivity contribution in [1.29, 1.82) is 0 Å². The Morgan fingerprint density at radius 2 is 1.71 bits per heavy atom. The van der Waals surface area contributed by atoms with Crippen LogP contribution in [0.25, 0.3) is 0 Å². The number of carbonyl (C=O) groups excluding carboxylic acids is 1. The molecule has 2 aromatic rings. The first-order chi connectivity index (χ1) is 10.2. The van der Waals surface area contributed by atoms with Gasteiger partial charge in [0.15, 0.2) is 11.5 Å². The van der Waals surface area contributed by atoms with Crippen molar-refractivity contribution in [2.45, 2.75) is 6.54 Å². The fraction of sp³-hybridized carbons (Fsp3) is 0.188. The minimum atomic E-state index is -0.174. The average Bonchev–Trinajstić information content (AvgIpc) is 2.53. The van der Waals surface area contributed by atoms with Gasteiger partial charge in [-0.2, -0.15) is 0 Å². The topological polar surface area (TPSA) is 47.6 Å². The first-order valence-electron chi connectivity index (χ1n) is 6.39. The summed E-state index contributed by atoms with van der Waals surface area (Å²) in [5.74, 6) is 0.918. The molecule has 2 rings (SSSR count). The number of hydrogen-bond donors (Lipinski definition) is 1. The third-order valence-corrected chi connectivity index (χ3v) is 3.67. The zero-order chi connectivity index (χ0) is 15.2. The molecule has 2 aromatic carbocycles. The molecule has 0 fully saturated rings. The summed E-state index contributed by atoms with van der Waals surface area (Å²) in [4.78, 5) is 12.3. The van der Waals surface area contributed by atoms with Gasteiger partial charge in [-0.1, -0.05) is 30.3 Å². The molecule has 0 saturated carbocycles. The molecule has 0 radical (unpaired) electrons. The zero-order valence-corrected chi connectivity index (χ0v) is 13.4. The number of halogens is 1. The van der Waals surface area contributed by atoms with E-state index in [4.69, 9.17) is 9.47 Å². The van der Waals surface area contributed by atoms with E-state index in [-0.39, 0.29) is 5.91 Å². The maximum Gasteiger partial charge on any atom is 0.252 e. The average molecular weight is 350 g/mol. The molecule has 0 aliphatic carbocycles. The van der Waals surface area contributed by atoms with E-state index >= 15 is 0 Å². The number of benzene rings is 2. The van der Waals surface area contributed by atoms with Crippen LogP contribution in [0.4, 0.5) is 0 Å². The van der Waals surface area contributed by atoms with E-state index in [0.717, 1.165) is 5.56 Å². The van der Waals surface area contributed by atoms with E-state index in [2.05, 4.69) is 21.2 Å². The Balaban J connectivity index is 2.15. The SMILES string of the molecule is COc1cc(Br)c(C(=O)NCc2ccccc2)cc1OC. The van der Waals surface area contributed by atoms with Gasteiger partial charge in [-0.05, 0) is 33.6 Å². The van der Waals surface area contributed by atoms with Crippen molar-refractivity contribution in [3.8, 4) is 11.5 Å². The molecule has 110 valence electrons. The molecule has 0 bridgehead atoms. The van der Waals surface area contributed by atoms with Crippen molar-refractivity contribution < 1.29 is 14.3 Å². The number of rotatable bonds is 5. The summed E-state index contributed by atoms with van der Waals surface area (Å²) in [6.07, 6.45) is 0. The molecule has 0 unspecified atom stereocenters. The van der Waals surface area contributed by atoms with Gasteiger partial charge in [0.25, 0.3) is 5.91 Å². The van der Waals surface area contributed by atoms with Gasteiger partial charge in [0.05, 0.1) is 19.8 Å². The largest absolute Gasteiger partial charge is 0.493 e. The standard InChI is InChI=1S/C16H16BrNO3/c1-20-14-8-12(13(17)9-15(14)21-2)16(19)18-10-11-6-4-3-5-7-11/h3-9H,10H2,1-2H3,(H,18,19). The Morgan fingerprint density at radius 1 is 1.10 bits per heavy atom. The van der Waals surface area contributed by atoms with E-state index in [1.165, 1.54) is 7.11 Å². The van der Waals surface area contributed by atoms with Crippen molar-refractivity contribution >= 4 is 21.8 Å². The van der Waals surface area contributed by atoms with Crippen LogP contribution in [-0.2, 0) is 6.54 Å². The number of hydrogen-bond acceptors (Lipinski definition) is 3. The van der Waals surface area contributed by atoms with Crippen LogP contribution in [0.2, 0.25) is 0 Å². The Morgan fingerprint density at radius 3 is 2.33 bits per heavy atom. The van der Waals surface area contributed by atoms with Crippen molar-refractivity contribution in [3.05, 3.63) is 58.1 Å². The number of amides is 1. The van der Waals surface area contributed by atoms with Gasteiger partial charge in [0.2, 0.25) is 0 Å². The minimum absolute atomic E-state index is 0.174. The second-order valence-corrected chi connectivity index (χ2v) is 5.21. The van der Waals surface area contributed by atoms with E-state index in [9.17, 15) is 4.79 Å². The van der Waals surface area contributed by atoms with E-state index in [1.807, 2.05) is 30.3 Å². The summed E-state index contributed by atoms with van der Waals surface area (Å²) in [6, 6.07) is 13.1. The smallest absolute Gasteiger partial charge is 0.252 e. The fourth-order valence-corrected chi connectivity index (χ4v) is 2.40. The Hall–Kier alpha value is -2.01. The molecule has 0 heterocycles. The highest BCUT2D eigenvalue weighted by molar-refractivity contribution is 9.10. The highest BCUT2D eigenvalue weighted by Crippen LogP contribution is 2.33. The van der Waals surface area contributed by atoms with Crippen LogP contribution in [0.5, 0.6) is 11.5 Å². The molecular weight excluding hydrogens is 334 g/mol. The highest BCUT2D eigenvalue weighted by atomic mass is 79.9. The summed E-state index contributed by atoms with van der Waals surface area (Å²) in [6.45, 7) is 0.473. The van der Waals surface area contributed by atoms with Gasteiger partial charge in [0.1, 0.15) is 0 Å². The second kappa shape index (κ2) is 7.13. The van der Waals surface area contributed by atoms with Crippen molar-refractivity contribution in [1.82, 2.24) is 5.32 Å². The third kappa shape index (κ3) is 3.76. The zero-order valence-electron chi connectivity index (χ0n) is 11.9. The first-order valence-corrected chi connectivity index (χ1v) is 7.18. The first kappa shape index (κ1) is 15.4. The molecular formula is C16H16BrNO3. The number of nitrogens with one attached hydrogen (secondary N) is 1. The fourth-order valence-electron chi connectivity index (χ4n) is 1.90. The highest BCUT2D eigenvalue weighted by Gasteiger charge is 2.15. The van der Waals surface area contributed by atoms with Gasteiger partial charge in [-0.25, -0.2) is 0 Å². The van der Waals surface area contributed by atoms with Crippen LogP contribution < -0.4 is 14.8 Å². The monoisotopic (exact) mass is 349 g/mol. The number of ether oxygens (including phenoxy) is 2. The Kier molecular flexibility index (Phi) is 5.22. The van der Waals surface area contributed by atoms with Crippen LogP contribution in [0.15, 0.2) is 46.9 Å². The molecule has 1 amide bonds. The Bertz CT molecular complexity index is 629. The summed E-state index contributed by atoms with van der Waals surface area (Å²) < 4.78 is 11.1.